The molecule has 0 radical (unpaired) electrons. The maximum absolute atomic E-state index is 12.7. The van der Waals surface area contributed by atoms with Crippen LogP contribution in [0.1, 0.15) is 43.4 Å². The van der Waals surface area contributed by atoms with E-state index >= 15 is 0 Å². The third-order valence-electron chi connectivity index (χ3n) is 4.79. The predicted octanol–water partition coefficient (Wildman–Crippen LogP) is 3.71. The van der Waals surface area contributed by atoms with Gasteiger partial charge in [0, 0.05) is 18.1 Å². The van der Waals surface area contributed by atoms with Gasteiger partial charge in [-0.05, 0) is 41.7 Å². The minimum Gasteiger partial charge on any atom is -0.392 e. The van der Waals surface area contributed by atoms with Gasteiger partial charge in [0.15, 0.2) is 0 Å². The number of rotatable bonds is 6. The molecule has 1 aliphatic heterocycles. The molecule has 2 N–H and O–H groups in total. The first-order valence-corrected chi connectivity index (χ1v) is 10.4. The SMILES string of the molecule is CC.O=C(NCc1ccc(Cl)cc1)C1CCCN1C(=O)Cc1cccc(CO)c1. The summed E-state index contributed by atoms with van der Waals surface area (Å²) in [5, 5.41) is 12.8. The summed E-state index contributed by atoms with van der Waals surface area (Å²) in [4.78, 5) is 27.0. The van der Waals surface area contributed by atoms with Crippen molar-refractivity contribution in [2.75, 3.05) is 6.54 Å². The van der Waals surface area contributed by atoms with E-state index in [1.165, 1.54) is 0 Å². The van der Waals surface area contributed by atoms with Gasteiger partial charge < -0.3 is 15.3 Å². The Bertz CT molecular complexity index is 808. The number of hydrogen-bond donors (Lipinski definition) is 2. The van der Waals surface area contributed by atoms with Crippen molar-refractivity contribution in [3.8, 4) is 0 Å². The van der Waals surface area contributed by atoms with Crippen LogP contribution in [0.2, 0.25) is 5.02 Å². The highest BCUT2D eigenvalue weighted by Gasteiger charge is 2.33. The first kappa shape index (κ1) is 22.9. The molecule has 1 unspecified atom stereocenters. The number of hydrogen-bond acceptors (Lipinski definition) is 3. The van der Waals surface area contributed by atoms with Crippen molar-refractivity contribution >= 4 is 23.4 Å². The number of nitrogens with zero attached hydrogens (tertiary/aromatic N) is 1. The van der Waals surface area contributed by atoms with E-state index < -0.39 is 6.04 Å². The van der Waals surface area contributed by atoms with Gasteiger partial charge >= 0.3 is 0 Å². The van der Waals surface area contributed by atoms with E-state index in [0.717, 1.165) is 23.1 Å². The smallest absolute Gasteiger partial charge is 0.243 e. The van der Waals surface area contributed by atoms with E-state index in [0.29, 0.717) is 24.5 Å². The van der Waals surface area contributed by atoms with Crippen LogP contribution >= 0.6 is 11.6 Å². The number of aliphatic hydroxyl groups is 1. The van der Waals surface area contributed by atoms with Gasteiger partial charge in [0.25, 0.3) is 0 Å². The zero-order valence-electron chi connectivity index (χ0n) is 17.0. The highest BCUT2D eigenvalue weighted by molar-refractivity contribution is 6.30. The van der Waals surface area contributed by atoms with Crippen LogP contribution in [0.5, 0.6) is 0 Å². The van der Waals surface area contributed by atoms with E-state index in [9.17, 15) is 14.7 Å². The molecule has 1 fully saturated rings. The number of benzene rings is 2. The van der Waals surface area contributed by atoms with Crippen LogP contribution in [0, 0.1) is 0 Å². The Hall–Kier alpha value is -2.37. The lowest BCUT2D eigenvalue weighted by Gasteiger charge is -2.24. The molecule has 156 valence electrons. The molecule has 3 rings (SSSR count). The Balaban J connectivity index is 0.00000145. The molecule has 2 aromatic carbocycles. The average molecular weight is 417 g/mol. The van der Waals surface area contributed by atoms with Crippen molar-refractivity contribution < 1.29 is 14.7 Å². The number of nitrogens with one attached hydrogen (secondary N) is 1. The second kappa shape index (κ2) is 11.6. The lowest BCUT2D eigenvalue weighted by Crippen LogP contribution is -2.46. The molecule has 1 saturated heterocycles. The lowest BCUT2D eigenvalue weighted by molar-refractivity contribution is -0.138. The fraction of sp³-hybridized carbons (Fsp3) is 0.391. The fourth-order valence-corrected chi connectivity index (χ4v) is 3.49. The molecule has 29 heavy (non-hydrogen) atoms. The van der Waals surface area contributed by atoms with Gasteiger partial charge in [-0.1, -0.05) is 61.8 Å². The molecule has 5 nitrogen and oxygen atoms in total. The monoisotopic (exact) mass is 416 g/mol. The summed E-state index contributed by atoms with van der Waals surface area (Å²) < 4.78 is 0. The molecule has 1 heterocycles. The van der Waals surface area contributed by atoms with E-state index in [-0.39, 0.29) is 24.8 Å². The van der Waals surface area contributed by atoms with Crippen molar-refractivity contribution in [3.05, 3.63) is 70.2 Å². The summed E-state index contributed by atoms with van der Waals surface area (Å²) in [6.07, 6.45) is 1.73. The van der Waals surface area contributed by atoms with Crippen molar-refractivity contribution in [1.29, 1.82) is 0 Å². The molecule has 0 aliphatic carbocycles. The molecule has 0 spiro atoms. The zero-order chi connectivity index (χ0) is 21.2. The summed E-state index contributed by atoms with van der Waals surface area (Å²) in [7, 11) is 0. The van der Waals surface area contributed by atoms with Crippen LogP contribution in [0.4, 0.5) is 0 Å². The minimum atomic E-state index is -0.425. The summed E-state index contributed by atoms with van der Waals surface area (Å²) in [5.74, 6) is -0.186. The molecule has 6 heteroatoms. The molecule has 0 saturated carbocycles. The zero-order valence-corrected chi connectivity index (χ0v) is 17.8. The van der Waals surface area contributed by atoms with Crippen LogP contribution in [0.25, 0.3) is 0 Å². The van der Waals surface area contributed by atoms with Crippen LogP contribution in [0.15, 0.2) is 48.5 Å². The number of halogens is 1. The maximum atomic E-state index is 12.7. The van der Waals surface area contributed by atoms with E-state index in [1.54, 1.807) is 17.0 Å². The highest BCUT2D eigenvalue weighted by Crippen LogP contribution is 2.20. The molecule has 0 bridgehead atoms. The Morgan fingerprint density at radius 1 is 1.10 bits per heavy atom. The average Bonchev–Trinajstić information content (AvgIpc) is 3.25. The summed E-state index contributed by atoms with van der Waals surface area (Å²) >= 11 is 5.87. The Morgan fingerprint density at radius 3 is 2.48 bits per heavy atom. The van der Waals surface area contributed by atoms with Crippen LogP contribution in [-0.2, 0) is 29.2 Å². The van der Waals surface area contributed by atoms with E-state index in [4.69, 9.17) is 11.6 Å². The Labute approximate surface area is 177 Å². The summed E-state index contributed by atoms with van der Waals surface area (Å²) in [5.41, 5.74) is 2.59. The first-order valence-electron chi connectivity index (χ1n) is 10.1. The number of amides is 2. The predicted molar refractivity (Wildman–Crippen MR) is 115 cm³/mol. The maximum Gasteiger partial charge on any atom is 0.243 e. The first-order chi connectivity index (χ1) is 14.1. The van der Waals surface area contributed by atoms with Crippen molar-refractivity contribution in [1.82, 2.24) is 10.2 Å². The van der Waals surface area contributed by atoms with Gasteiger partial charge in [-0.2, -0.15) is 0 Å². The van der Waals surface area contributed by atoms with Gasteiger partial charge in [0.2, 0.25) is 11.8 Å². The van der Waals surface area contributed by atoms with Crippen molar-refractivity contribution in [2.24, 2.45) is 0 Å². The molecule has 2 aromatic rings. The van der Waals surface area contributed by atoms with Gasteiger partial charge in [0.05, 0.1) is 13.0 Å². The third kappa shape index (κ3) is 6.58. The van der Waals surface area contributed by atoms with Crippen LogP contribution in [-0.4, -0.2) is 34.4 Å². The second-order valence-corrected chi connectivity index (χ2v) is 7.18. The van der Waals surface area contributed by atoms with Gasteiger partial charge in [-0.25, -0.2) is 0 Å². The fourth-order valence-electron chi connectivity index (χ4n) is 3.36. The highest BCUT2D eigenvalue weighted by atomic mass is 35.5. The molecular formula is C23H29ClN2O3. The third-order valence-corrected chi connectivity index (χ3v) is 5.04. The number of likely N-dealkylation sites (tertiary alicyclic amines) is 1. The Morgan fingerprint density at radius 2 is 1.79 bits per heavy atom. The van der Waals surface area contributed by atoms with Crippen LogP contribution < -0.4 is 5.32 Å². The summed E-state index contributed by atoms with van der Waals surface area (Å²) in [6, 6.07) is 14.2. The van der Waals surface area contributed by atoms with Crippen molar-refractivity contribution in [3.63, 3.8) is 0 Å². The number of aliphatic hydroxyl groups excluding tert-OH is 1. The van der Waals surface area contributed by atoms with Gasteiger partial charge in [-0.15, -0.1) is 0 Å². The summed E-state index contributed by atoms with van der Waals surface area (Å²) in [6.45, 7) is 4.95. The normalized spacial score (nSPS) is 15.4. The van der Waals surface area contributed by atoms with E-state index in [1.807, 2.05) is 50.2 Å². The largest absolute Gasteiger partial charge is 0.392 e. The van der Waals surface area contributed by atoms with E-state index in [2.05, 4.69) is 5.32 Å². The Kier molecular flexibility index (Phi) is 9.16. The topological polar surface area (TPSA) is 69.6 Å². The van der Waals surface area contributed by atoms with Gasteiger partial charge in [0.1, 0.15) is 6.04 Å². The molecular weight excluding hydrogens is 388 g/mol. The standard InChI is InChI=1S/C21H23ClN2O3.C2H6/c22-18-8-6-15(7-9-18)13-23-21(27)19-5-2-10-24(19)20(26)12-16-3-1-4-17(11-16)14-25;1-2/h1,3-4,6-9,11,19,25H,2,5,10,12-14H2,(H,23,27);1-2H3. The molecule has 1 aliphatic rings. The number of carbonyl (C=O) groups is 2. The number of carbonyl (C=O) groups excluding carboxylic acids is 2. The molecule has 1 atom stereocenters. The van der Waals surface area contributed by atoms with Crippen molar-refractivity contribution in [2.45, 2.75) is 52.3 Å². The minimum absolute atomic E-state index is 0.0541. The molecule has 0 aromatic heterocycles. The lowest BCUT2D eigenvalue weighted by atomic mass is 10.1. The second-order valence-electron chi connectivity index (χ2n) is 6.74. The van der Waals surface area contributed by atoms with Crippen LogP contribution in [0.3, 0.4) is 0 Å². The quantitative estimate of drug-likeness (QED) is 0.754. The molecule has 2 amide bonds. The van der Waals surface area contributed by atoms with Gasteiger partial charge in [-0.3, -0.25) is 9.59 Å².